The van der Waals surface area contributed by atoms with E-state index in [4.69, 9.17) is 5.84 Å². The van der Waals surface area contributed by atoms with Gasteiger partial charge in [0.05, 0.1) is 0 Å². The number of anilines is 1. The van der Waals surface area contributed by atoms with E-state index in [1.165, 1.54) is 12.1 Å². The molecule has 0 unspecified atom stereocenters. The van der Waals surface area contributed by atoms with Crippen molar-refractivity contribution in [3.05, 3.63) is 30.1 Å². The molecule has 0 saturated carbocycles. The molecule has 0 heterocycles. The average molecular weight is 210 g/mol. The summed E-state index contributed by atoms with van der Waals surface area (Å²) in [6.07, 6.45) is 0.941. The predicted octanol–water partition coefficient (Wildman–Crippen LogP) is 1.47. The van der Waals surface area contributed by atoms with Gasteiger partial charge < -0.3 is 5.32 Å². The zero-order valence-corrected chi connectivity index (χ0v) is 8.63. The molecule has 0 aliphatic rings. The summed E-state index contributed by atoms with van der Waals surface area (Å²) in [5.41, 5.74) is 3.19. The summed E-state index contributed by atoms with van der Waals surface area (Å²) in [5, 5.41) is 2.94. The third-order valence-electron chi connectivity index (χ3n) is 1.74. The summed E-state index contributed by atoms with van der Waals surface area (Å²) >= 11 is 0. The molecule has 0 spiro atoms. The summed E-state index contributed by atoms with van der Waals surface area (Å²) in [6.45, 7) is 2.71. The van der Waals surface area contributed by atoms with Gasteiger partial charge in [0.25, 0.3) is 0 Å². The van der Waals surface area contributed by atoms with Crippen molar-refractivity contribution < 1.29 is 4.39 Å². The van der Waals surface area contributed by atoms with Crippen molar-refractivity contribution in [1.29, 1.82) is 0 Å². The molecule has 82 valence electrons. The van der Waals surface area contributed by atoms with Gasteiger partial charge in [-0.05, 0) is 30.7 Å². The van der Waals surface area contributed by atoms with Gasteiger partial charge in [0.1, 0.15) is 5.82 Å². The molecule has 1 aromatic rings. The van der Waals surface area contributed by atoms with Crippen LogP contribution in [0.1, 0.15) is 13.3 Å². The molecule has 0 atom stereocenters. The Balaban J connectivity index is 2.62. The van der Waals surface area contributed by atoms with E-state index in [2.05, 4.69) is 15.7 Å². The van der Waals surface area contributed by atoms with Crippen LogP contribution in [0.2, 0.25) is 0 Å². The second-order valence-corrected chi connectivity index (χ2v) is 3.01. The van der Waals surface area contributed by atoms with Gasteiger partial charge in [0.15, 0.2) is 0 Å². The third kappa shape index (κ3) is 3.95. The summed E-state index contributed by atoms with van der Waals surface area (Å²) < 4.78 is 12.6. The zero-order chi connectivity index (χ0) is 11.1. The maximum Gasteiger partial charge on any atom is 0.210 e. The second kappa shape index (κ2) is 5.98. The van der Waals surface area contributed by atoms with Crippen LogP contribution in [-0.4, -0.2) is 12.5 Å². The molecule has 4 nitrogen and oxygen atoms in total. The zero-order valence-electron chi connectivity index (χ0n) is 8.63. The quantitative estimate of drug-likeness (QED) is 0.306. The number of guanidine groups is 1. The molecule has 0 aliphatic carbocycles. The molecule has 0 aliphatic heterocycles. The molecule has 15 heavy (non-hydrogen) atoms. The first-order chi connectivity index (χ1) is 7.26. The number of aliphatic imine (C=N–C) groups is 1. The minimum atomic E-state index is -0.270. The molecule has 0 aromatic heterocycles. The Hall–Kier alpha value is -1.62. The molecular formula is C10H15FN4. The minimum absolute atomic E-state index is 0.270. The molecule has 0 radical (unpaired) electrons. The van der Waals surface area contributed by atoms with Crippen LogP contribution in [0, 0.1) is 5.82 Å². The lowest BCUT2D eigenvalue weighted by Crippen LogP contribution is -2.36. The van der Waals surface area contributed by atoms with E-state index in [-0.39, 0.29) is 5.82 Å². The third-order valence-corrected chi connectivity index (χ3v) is 1.74. The van der Waals surface area contributed by atoms with Crippen molar-refractivity contribution in [3.63, 3.8) is 0 Å². The van der Waals surface area contributed by atoms with Gasteiger partial charge in [-0.1, -0.05) is 6.92 Å². The van der Waals surface area contributed by atoms with Crippen molar-refractivity contribution >= 4 is 11.6 Å². The second-order valence-electron chi connectivity index (χ2n) is 3.01. The lowest BCUT2D eigenvalue weighted by molar-refractivity contribution is 0.628. The number of hydrogen-bond donors (Lipinski definition) is 3. The van der Waals surface area contributed by atoms with Gasteiger partial charge in [-0.3, -0.25) is 10.4 Å². The lowest BCUT2D eigenvalue weighted by atomic mass is 10.3. The Kier molecular flexibility index (Phi) is 4.56. The summed E-state index contributed by atoms with van der Waals surface area (Å²) in [7, 11) is 0. The summed E-state index contributed by atoms with van der Waals surface area (Å²) in [6, 6.07) is 5.98. The molecule has 0 saturated heterocycles. The fraction of sp³-hybridized carbons (Fsp3) is 0.300. The predicted molar refractivity (Wildman–Crippen MR) is 59.9 cm³/mol. The van der Waals surface area contributed by atoms with Crippen molar-refractivity contribution in [2.75, 3.05) is 11.9 Å². The van der Waals surface area contributed by atoms with Crippen LogP contribution in [0.15, 0.2) is 29.3 Å². The van der Waals surface area contributed by atoms with E-state index in [9.17, 15) is 4.39 Å². The average Bonchev–Trinajstić information content (AvgIpc) is 2.27. The first-order valence-electron chi connectivity index (χ1n) is 4.80. The smallest absolute Gasteiger partial charge is 0.210 e. The van der Waals surface area contributed by atoms with Gasteiger partial charge >= 0.3 is 0 Å². The van der Waals surface area contributed by atoms with E-state index >= 15 is 0 Å². The van der Waals surface area contributed by atoms with Crippen LogP contribution in [0.3, 0.4) is 0 Å². The lowest BCUT2D eigenvalue weighted by Gasteiger charge is -2.08. The fourth-order valence-electron chi connectivity index (χ4n) is 1.01. The molecule has 1 rings (SSSR count). The maximum atomic E-state index is 12.6. The highest BCUT2D eigenvalue weighted by molar-refractivity contribution is 5.93. The van der Waals surface area contributed by atoms with Crippen LogP contribution in [0.25, 0.3) is 0 Å². The van der Waals surface area contributed by atoms with Crippen molar-refractivity contribution in [2.45, 2.75) is 13.3 Å². The first-order valence-corrected chi connectivity index (χ1v) is 4.80. The van der Waals surface area contributed by atoms with Crippen LogP contribution in [0.5, 0.6) is 0 Å². The van der Waals surface area contributed by atoms with E-state index < -0.39 is 0 Å². The maximum absolute atomic E-state index is 12.6. The molecule has 5 heteroatoms. The minimum Gasteiger partial charge on any atom is -0.325 e. The molecule has 0 amide bonds. The highest BCUT2D eigenvalue weighted by Gasteiger charge is 1.97. The van der Waals surface area contributed by atoms with Gasteiger partial charge in [-0.2, -0.15) is 0 Å². The van der Waals surface area contributed by atoms with Crippen molar-refractivity contribution in [3.8, 4) is 0 Å². The van der Waals surface area contributed by atoms with Gasteiger partial charge in [-0.25, -0.2) is 10.2 Å². The largest absolute Gasteiger partial charge is 0.325 e. The standard InChI is InChI=1S/C10H15FN4/c1-2-7-13-10(15-12)14-9-5-3-8(11)4-6-9/h3-6H,2,7,12H2,1H3,(H2,13,14,15). The Labute approximate surface area is 88.4 Å². The summed E-state index contributed by atoms with van der Waals surface area (Å²) in [4.78, 5) is 4.15. The topological polar surface area (TPSA) is 62.4 Å². The number of nitrogens with one attached hydrogen (secondary N) is 2. The van der Waals surface area contributed by atoms with E-state index in [1.54, 1.807) is 12.1 Å². The van der Waals surface area contributed by atoms with Crippen LogP contribution in [0.4, 0.5) is 10.1 Å². The summed E-state index contributed by atoms with van der Waals surface area (Å²) in [5.74, 6) is 5.48. The normalized spacial score (nSPS) is 11.3. The monoisotopic (exact) mass is 210 g/mol. The highest BCUT2D eigenvalue weighted by atomic mass is 19.1. The highest BCUT2D eigenvalue weighted by Crippen LogP contribution is 2.07. The van der Waals surface area contributed by atoms with E-state index in [0.717, 1.165) is 12.1 Å². The van der Waals surface area contributed by atoms with Crippen LogP contribution < -0.4 is 16.6 Å². The van der Waals surface area contributed by atoms with Gasteiger partial charge in [0.2, 0.25) is 5.96 Å². The molecule has 0 bridgehead atoms. The molecule has 4 N–H and O–H groups in total. The SMILES string of the molecule is CCCN=C(NN)Nc1ccc(F)cc1. The Morgan fingerprint density at radius 3 is 2.60 bits per heavy atom. The first kappa shape index (κ1) is 11.5. The number of hydrogen-bond acceptors (Lipinski definition) is 2. The Bertz CT molecular complexity index is 321. The van der Waals surface area contributed by atoms with Crippen molar-refractivity contribution in [2.24, 2.45) is 10.8 Å². The fourth-order valence-corrected chi connectivity index (χ4v) is 1.01. The Morgan fingerprint density at radius 2 is 2.07 bits per heavy atom. The van der Waals surface area contributed by atoms with E-state index in [0.29, 0.717) is 12.5 Å². The Morgan fingerprint density at radius 1 is 1.40 bits per heavy atom. The number of hydrazine groups is 1. The number of rotatable bonds is 3. The number of halogens is 1. The van der Waals surface area contributed by atoms with E-state index in [1.807, 2.05) is 6.92 Å². The molecule has 1 aromatic carbocycles. The number of nitrogens with zero attached hydrogens (tertiary/aromatic N) is 1. The number of benzene rings is 1. The molecule has 0 fully saturated rings. The van der Waals surface area contributed by atoms with Crippen LogP contribution in [-0.2, 0) is 0 Å². The van der Waals surface area contributed by atoms with Crippen molar-refractivity contribution in [1.82, 2.24) is 5.43 Å². The van der Waals surface area contributed by atoms with Crippen LogP contribution >= 0.6 is 0 Å². The van der Waals surface area contributed by atoms with Gasteiger partial charge in [0, 0.05) is 12.2 Å². The van der Waals surface area contributed by atoms with Gasteiger partial charge in [-0.15, -0.1) is 0 Å². The molecular weight excluding hydrogens is 195 g/mol. The number of nitrogens with two attached hydrogens (primary N) is 1.